The van der Waals surface area contributed by atoms with Crippen LogP contribution in [0.25, 0.3) is 0 Å². The molecule has 1 aromatic heterocycles. The summed E-state index contributed by atoms with van der Waals surface area (Å²) >= 11 is 0. The Hall–Kier alpha value is -0.500. The Bertz CT molecular complexity index is 265. The van der Waals surface area contributed by atoms with Gasteiger partial charge in [0.2, 0.25) is 0 Å². The molecule has 1 unspecified atom stereocenters. The van der Waals surface area contributed by atoms with Crippen molar-refractivity contribution in [2.75, 3.05) is 0 Å². The maximum absolute atomic E-state index is 12.6. The molecule has 1 aromatic rings. The van der Waals surface area contributed by atoms with Crippen LogP contribution in [0.5, 0.6) is 0 Å². The molecule has 0 aliphatic heterocycles. The molecular formula is C7H11F2N2P. The summed E-state index contributed by atoms with van der Waals surface area (Å²) in [5.41, 5.74) is -3.12. The predicted octanol–water partition coefficient (Wildman–Crippen LogP) is 2.39. The van der Waals surface area contributed by atoms with Gasteiger partial charge in [0.05, 0.1) is 0 Å². The molecule has 1 heterocycles. The van der Waals surface area contributed by atoms with Crippen molar-refractivity contribution >= 4 is 9.24 Å². The van der Waals surface area contributed by atoms with E-state index in [1.54, 1.807) is 6.20 Å². The highest BCUT2D eigenvalue weighted by Crippen LogP contribution is 2.33. The van der Waals surface area contributed by atoms with Gasteiger partial charge in [-0.25, -0.2) is 0 Å². The number of hydrogen-bond acceptors (Lipinski definition) is 1. The first-order valence-corrected chi connectivity index (χ1v) is 4.21. The Morgan fingerprint density at radius 3 is 2.42 bits per heavy atom. The summed E-state index contributed by atoms with van der Waals surface area (Å²) in [6.45, 7) is 3.77. The van der Waals surface area contributed by atoms with E-state index in [1.807, 2.05) is 13.8 Å². The van der Waals surface area contributed by atoms with Gasteiger partial charge in [-0.3, -0.25) is 4.68 Å². The largest absolute Gasteiger partial charge is 0.302 e. The average Bonchev–Trinajstić information content (AvgIpc) is 2.30. The molecule has 0 aromatic carbocycles. The molecule has 0 aliphatic rings. The summed E-state index contributed by atoms with van der Waals surface area (Å²) in [5, 5.41) is 3.73. The van der Waals surface area contributed by atoms with Crippen LogP contribution in [-0.4, -0.2) is 9.78 Å². The van der Waals surface area contributed by atoms with Gasteiger partial charge in [0, 0.05) is 12.2 Å². The Morgan fingerprint density at radius 2 is 2.17 bits per heavy atom. The predicted molar refractivity (Wildman–Crippen MR) is 46.2 cm³/mol. The van der Waals surface area contributed by atoms with E-state index in [9.17, 15) is 8.78 Å². The fourth-order valence-corrected chi connectivity index (χ4v) is 0.957. The van der Waals surface area contributed by atoms with Crippen molar-refractivity contribution in [1.82, 2.24) is 9.78 Å². The molecular weight excluding hydrogens is 181 g/mol. The quantitative estimate of drug-likeness (QED) is 0.658. The summed E-state index contributed by atoms with van der Waals surface area (Å²) in [7, 11) is 1.47. The van der Waals surface area contributed by atoms with Gasteiger partial charge in [-0.2, -0.15) is 13.9 Å². The van der Waals surface area contributed by atoms with Crippen molar-refractivity contribution in [1.29, 1.82) is 0 Å². The van der Waals surface area contributed by atoms with Crippen LogP contribution < -0.4 is 0 Å². The molecule has 0 saturated heterocycles. The number of rotatable bonds is 2. The fourth-order valence-electron chi connectivity index (χ4n) is 0.803. The topological polar surface area (TPSA) is 17.8 Å². The SMILES string of the molecule is CC(C)n1ccc(C(F)(F)P)n1. The molecule has 1 rings (SSSR count). The lowest BCUT2D eigenvalue weighted by atomic mass is 10.4. The minimum atomic E-state index is -2.92. The van der Waals surface area contributed by atoms with Gasteiger partial charge >= 0.3 is 5.66 Å². The molecule has 0 fully saturated rings. The van der Waals surface area contributed by atoms with E-state index in [0.717, 1.165) is 0 Å². The van der Waals surface area contributed by atoms with E-state index in [-0.39, 0.29) is 11.7 Å². The lowest BCUT2D eigenvalue weighted by molar-refractivity contribution is 0.0975. The van der Waals surface area contributed by atoms with E-state index in [0.29, 0.717) is 0 Å². The van der Waals surface area contributed by atoms with Crippen LogP contribution in [0.4, 0.5) is 8.78 Å². The van der Waals surface area contributed by atoms with Crippen LogP contribution in [0.2, 0.25) is 0 Å². The molecule has 1 atom stereocenters. The number of halogens is 2. The van der Waals surface area contributed by atoms with Crippen molar-refractivity contribution in [2.24, 2.45) is 0 Å². The number of hydrogen-bond donors (Lipinski definition) is 0. The van der Waals surface area contributed by atoms with Crippen LogP contribution in [0, 0.1) is 0 Å². The average molecular weight is 192 g/mol. The van der Waals surface area contributed by atoms with Crippen molar-refractivity contribution in [3.63, 3.8) is 0 Å². The summed E-state index contributed by atoms with van der Waals surface area (Å²) in [6.07, 6.45) is 1.55. The van der Waals surface area contributed by atoms with Crippen LogP contribution in [0.3, 0.4) is 0 Å². The molecule has 0 radical (unpaired) electrons. The van der Waals surface area contributed by atoms with E-state index in [4.69, 9.17) is 0 Å². The first-order chi connectivity index (χ1) is 5.41. The van der Waals surface area contributed by atoms with Crippen LogP contribution in [-0.2, 0) is 5.66 Å². The normalized spacial score (nSPS) is 12.5. The summed E-state index contributed by atoms with van der Waals surface area (Å²) in [6, 6.07) is 1.44. The Morgan fingerprint density at radius 1 is 1.58 bits per heavy atom. The van der Waals surface area contributed by atoms with Crippen molar-refractivity contribution < 1.29 is 8.78 Å². The number of alkyl halides is 2. The highest BCUT2D eigenvalue weighted by molar-refractivity contribution is 7.17. The van der Waals surface area contributed by atoms with Crippen molar-refractivity contribution in [3.05, 3.63) is 18.0 Å². The molecule has 0 amide bonds. The van der Waals surface area contributed by atoms with Crippen molar-refractivity contribution in [2.45, 2.75) is 25.6 Å². The van der Waals surface area contributed by atoms with Crippen LogP contribution >= 0.6 is 9.24 Å². The van der Waals surface area contributed by atoms with Gasteiger partial charge in [0.1, 0.15) is 5.69 Å². The molecule has 0 spiro atoms. The molecule has 0 bridgehead atoms. The molecule has 0 aliphatic carbocycles. The second kappa shape index (κ2) is 3.09. The Kier molecular flexibility index (Phi) is 2.47. The maximum Gasteiger partial charge on any atom is 0.302 e. The highest BCUT2D eigenvalue weighted by Gasteiger charge is 2.27. The van der Waals surface area contributed by atoms with Gasteiger partial charge in [-0.1, -0.05) is 9.24 Å². The molecule has 68 valence electrons. The lowest BCUT2D eigenvalue weighted by Gasteiger charge is -2.07. The third-order valence-electron chi connectivity index (χ3n) is 1.48. The smallest absolute Gasteiger partial charge is 0.270 e. The second-order valence-electron chi connectivity index (χ2n) is 2.90. The fraction of sp³-hybridized carbons (Fsp3) is 0.571. The second-order valence-corrected chi connectivity index (χ2v) is 3.62. The zero-order valence-electron chi connectivity index (χ0n) is 6.96. The third-order valence-corrected chi connectivity index (χ3v) is 1.77. The van der Waals surface area contributed by atoms with Gasteiger partial charge in [0.15, 0.2) is 0 Å². The summed E-state index contributed by atoms with van der Waals surface area (Å²) in [5.74, 6) is 0. The van der Waals surface area contributed by atoms with Crippen molar-refractivity contribution in [3.8, 4) is 0 Å². The number of nitrogens with zero attached hydrogens (tertiary/aromatic N) is 2. The molecule has 2 nitrogen and oxygen atoms in total. The summed E-state index contributed by atoms with van der Waals surface area (Å²) < 4.78 is 26.7. The molecule has 0 saturated carbocycles. The van der Waals surface area contributed by atoms with E-state index >= 15 is 0 Å². The first-order valence-electron chi connectivity index (χ1n) is 3.63. The zero-order valence-corrected chi connectivity index (χ0v) is 8.11. The first kappa shape index (κ1) is 9.59. The maximum atomic E-state index is 12.6. The van der Waals surface area contributed by atoms with Crippen LogP contribution in [0.1, 0.15) is 25.6 Å². The Labute approximate surface area is 72.2 Å². The lowest BCUT2D eigenvalue weighted by Crippen LogP contribution is -2.07. The minimum absolute atomic E-state index is 0.117. The molecule has 12 heavy (non-hydrogen) atoms. The zero-order chi connectivity index (χ0) is 9.35. The Balaban J connectivity index is 2.92. The minimum Gasteiger partial charge on any atom is -0.270 e. The van der Waals surface area contributed by atoms with E-state index < -0.39 is 5.66 Å². The summed E-state index contributed by atoms with van der Waals surface area (Å²) in [4.78, 5) is 0. The van der Waals surface area contributed by atoms with E-state index in [2.05, 4.69) is 5.10 Å². The van der Waals surface area contributed by atoms with Gasteiger partial charge < -0.3 is 0 Å². The van der Waals surface area contributed by atoms with Gasteiger partial charge in [-0.15, -0.1) is 0 Å². The van der Waals surface area contributed by atoms with E-state index in [1.165, 1.54) is 20.0 Å². The standard InChI is InChI=1S/C7H11F2N2P/c1-5(2)11-4-3-6(10-11)7(8,9)12/h3-5H,12H2,1-2H3. The van der Waals surface area contributed by atoms with Gasteiger partial charge in [0.25, 0.3) is 0 Å². The highest BCUT2D eigenvalue weighted by atomic mass is 31.0. The van der Waals surface area contributed by atoms with Gasteiger partial charge in [-0.05, 0) is 19.9 Å². The third kappa shape index (κ3) is 2.01. The molecule has 0 N–H and O–H groups in total. The number of aromatic nitrogens is 2. The molecule has 5 heteroatoms. The monoisotopic (exact) mass is 192 g/mol. The van der Waals surface area contributed by atoms with Crippen LogP contribution in [0.15, 0.2) is 12.3 Å².